The fourth-order valence-electron chi connectivity index (χ4n) is 3.79. The Morgan fingerprint density at radius 2 is 2.04 bits per heavy atom. The Morgan fingerprint density at radius 1 is 1.22 bits per heavy atom. The second-order valence-corrected chi connectivity index (χ2v) is 6.82. The zero-order chi connectivity index (χ0) is 16.1. The molecular formula is C19H28N2O2. The third-order valence-corrected chi connectivity index (χ3v) is 5.29. The van der Waals surface area contributed by atoms with Crippen molar-refractivity contribution >= 4 is 5.78 Å². The normalized spacial score (nSPS) is 26.5. The first-order chi connectivity index (χ1) is 11.2. The van der Waals surface area contributed by atoms with Crippen LogP contribution < -0.4 is 0 Å². The fraction of sp³-hybridized carbons (Fsp3) is 0.632. The lowest BCUT2D eigenvalue weighted by Crippen LogP contribution is -2.47. The van der Waals surface area contributed by atoms with Crippen LogP contribution in [-0.4, -0.2) is 67.6 Å². The second kappa shape index (κ2) is 8.04. The minimum atomic E-state index is 0.225. The molecular weight excluding hydrogens is 288 g/mol. The molecule has 0 saturated carbocycles. The van der Waals surface area contributed by atoms with Crippen LogP contribution in [-0.2, 0) is 4.74 Å². The summed E-state index contributed by atoms with van der Waals surface area (Å²) < 4.78 is 5.64. The average molecular weight is 316 g/mol. The Balaban J connectivity index is 1.54. The molecule has 1 aromatic carbocycles. The highest BCUT2D eigenvalue weighted by atomic mass is 16.5. The molecule has 0 aliphatic carbocycles. The Labute approximate surface area is 139 Å². The SMILES string of the molecule is CN1CCC[C@@H]1CCN1CCOC[C@@H]1CC(=O)c1ccccc1. The summed E-state index contributed by atoms with van der Waals surface area (Å²) in [5, 5.41) is 0. The first kappa shape index (κ1) is 16.6. The molecule has 0 N–H and O–H groups in total. The number of Topliss-reactive ketones (excluding diaryl/α,β-unsaturated/α-hetero) is 1. The molecule has 3 rings (SSSR count). The van der Waals surface area contributed by atoms with Gasteiger partial charge in [-0.25, -0.2) is 0 Å². The van der Waals surface area contributed by atoms with E-state index in [1.807, 2.05) is 30.3 Å². The van der Waals surface area contributed by atoms with Crippen molar-refractivity contribution in [3.05, 3.63) is 35.9 Å². The number of carbonyl (C=O) groups is 1. The van der Waals surface area contributed by atoms with Gasteiger partial charge in [-0.1, -0.05) is 30.3 Å². The highest BCUT2D eigenvalue weighted by molar-refractivity contribution is 5.96. The van der Waals surface area contributed by atoms with Crippen molar-refractivity contribution in [1.82, 2.24) is 9.80 Å². The number of rotatable bonds is 6. The number of nitrogens with zero attached hydrogens (tertiary/aromatic N) is 2. The van der Waals surface area contributed by atoms with E-state index in [4.69, 9.17) is 4.74 Å². The van der Waals surface area contributed by atoms with Gasteiger partial charge in [-0.3, -0.25) is 9.69 Å². The maximum atomic E-state index is 12.5. The summed E-state index contributed by atoms with van der Waals surface area (Å²) in [4.78, 5) is 17.4. The van der Waals surface area contributed by atoms with Gasteiger partial charge < -0.3 is 9.64 Å². The molecule has 0 aromatic heterocycles. The number of hydrogen-bond donors (Lipinski definition) is 0. The molecule has 2 heterocycles. The molecule has 2 fully saturated rings. The highest BCUT2D eigenvalue weighted by Gasteiger charge is 2.28. The summed E-state index contributed by atoms with van der Waals surface area (Å²) in [5.41, 5.74) is 0.813. The topological polar surface area (TPSA) is 32.8 Å². The van der Waals surface area contributed by atoms with Gasteiger partial charge in [0.2, 0.25) is 0 Å². The molecule has 2 atom stereocenters. The van der Waals surface area contributed by atoms with E-state index in [-0.39, 0.29) is 11.8 Å². The lowest BCUT2D eigenvalue weighted by atomic mass is 10.0. The van der Waals surface area contributed by atoms with E-state index in [0.717, 1.165) is 25.3 Å². The Bertz CT molecular complexity index is 505. The van der Waals surface area contributed by atoms with Gasteiger partial charge in [-0.05, 0) is 32.9 Å². The number of ether oxygens (including phenoxy) is 1. The van der Waals surface area contributed by atoms with Gasteiger partial charge in [0.1, 0.15) is 0 Å². The van der Waals surface area contributed by atoms with Gasteiger partial charge >= 0.3 is 0 Å². The van der Waals surface area contributed by atoms with Crippen LogP contribution in [0, 0.1) is 0 Å². The Kier molecular flexibility index (Phi) is 5.81. The highest BCUT2D eigenvalue weighted by Crippen LogP contribution is 2.20. The minimum Gasteiger partial charge on any atom is -0.378 e. The summed E-state index contributed by atoms with van der Waals surface area (Å²) in [7, 11) is 2.23. The van der Waals surface area contributed by atoms with Crippen LogP contribution in [0.5, 0.6) is 0 Å². The molecule has 4 heteroatoms. The first-order valence-corrected chi connectivity index (χ1v) is 8.84. The van der Waals surface area contributed by atoms with Crippen LogP contribution in [0.2, 0.25) is 0 Å². The number of carbonyl (C=O) groups excluding carboxylic acids is 1. The van der Waals surface area contributed by atoms with Crippen LogP contribution in [0.3, 0.4) is 0 Å². The standard InChI is InChI=1S/C19H28N2O2/c1-20-10-5-8-17(20)9-11-21-12-13-23-15-18(21)14-19(22)16-6-3-2-4-7-16/h2-4,6-7,17-18H,5,8-15H2,1H3/t17-,18+/m1/s1. The van der Waals surface area contributed by atoms with Crippen LogP contribution in [0.1, 0.15) is 36.0 Å². The third-order valence-electron chi connectivity index (χ3n) is 5.29. The lowest BCUT2D eigenvalue weighted by molar-refractivity contribution is -0.0110. The van der Waals surface area contributed by atoms with Crippen molar-refractivity contribution in [2.75, 3.05) is 39.9 Å². The summed E-state index contributed by atoms with van der Waals surface area (Å²) in [6.45, 7) is 4.72. The molecule has 2 aliphatic heterocycles. The van der Waals surface area contributed by atoms with Crippen molar-refractivity contribution in [3.8, 4) is 0 Å². The molecule has 4 nitrogen and oxygen atoms in total. The number of morpholine rings is 1. The van der Waals surface area contributed by atoms with E-state index < -0.39 is 0 Å². The monoisotopic (exact) mass is 316 g/mol. The zero-order valence-electron chi connectivity index (χ0n) is 14.1. The zero-order valence-corrected chi connectivity index (χ0v) is 14.1. The molecule has 0 amide bonds. The molecule has 1 aromatic rings. The predicted molar refractivity (Wildman–Crippen MR) is 91.8 cm³/mol. The maximum absolute atomic E-state index is 12.5. The first-order valence-electron chi connectivity index (χ1n) is 8.84. The average Bonchev–Trinajstić information content (AvgIpc) is 3.00. The number of benzene rings is 1. The Hall–Kier alpha value is -1.23. The Morgan fingerprint density at radius 3 is 2.78 bits per heavy atom. The molecule has 126 valence electrons. The molecule has 0 spiro atoms. The van der Waals surface area contributed by atoms with Crippen molar-refractivity contribution < 1.29 is 9.53 Å². The van der Waals surface area contributed by atoms with Gasteiger partial charge in [0.15, 0.2) is 5.78 Å². The summed E-state index contributed by atoms with van der Waals surface area (Å²) in [6.07, 6.45) is 4.39. The fourth-order valence-corrected chi connectivity index (χ4v) is 3.79. The van der Waals surface area contributed by atoms with Crippen LogP contribution in [0.25, 0.3) is 0 Å². The molecule has 2 aliphatic rings. The molecule has 2 saturated heterocycles. The van der Waals surface area contributed by atoms with Gasteiger partial charge in [0.05, 0.1) is 13.2 Å². The molecule has 0 radical (unpaired) electrons. The van der Waals surface area contributed by atoms with Crippen LogP contribution in [0.15, 0.2) is 30.3 Å². The van der Waals surface area contributed by atoms with Crippen molar-refractivity contribution in [1.29, 1.82) is 0 Å². The number of ketones is 1. The number of hydrogen-bond acceptors (Lipinski definition) is 4. The molecule has 0 bridgehead atoms. The van der Waals surface area contributed by atoms with E-state index in [2.05, 4.69) is 16.8 Å². The third kappa shape index (κ3) is 4.40. The van der Waals surface area contributed by atoms with E-state index in [1.54, 1.807) is 0 Å². The minimum absolute atomic E-state index is 0.225. The maximum Gasteiger partial charge on any atom is 0.164 e. The van der Waals surface area contributed by atoms with E-state index in [9.17, 15) is 4.79 Å². The van der Waals surface area contributed by atoms with Gasteiger partial charge in [-0.15, -0.1) is 0 Å². The lowest BCUT2D eigenvalue weighted by Gasteiger charge is -2.36. The molecule has 23 heavy (non-hydrogen) atoms. The summed E-state index contributed by atoms with van der Waals surface area (Å²) in [5.74, 6) is 0.226. The summed E-state index contributed by atoms with van der Waals surface area (Å²) >= 11 is 0. The largest absolute Gasteiger partial charge is 0.378 e. The van der Waals surface area contributed by atoms with Gasteiger partial charge in [-0.2, -0.15) is 0 Å². The quantitative estimate of drug-likeness (QED) is 0.755. The predicted octanol–water partition coefficient (Wildman–Crippen LogP) is 2.44. The van der Waals surface area contributed by atoms with Crippen molar-refractivity contribution in [2.24, 2.45) is 0 Å². The molecule has 0 unspecified atom stereocenters. The van der Waals surface area contributed by atoms with E-state index >= 15 is 0 Å². The van der Waals surface area contributed by atoms with Crippen molar-refractivity contribution in [2.45, 2.75) is 37.8 Å². The van der Waals surface area contributed by atoms with Crippen LogP contribution in [0.4, 0.5) is 0 Å². The summed E-state index contributed by atoms with van der Waals surface area (Å²) in [6, 6.07) is 10.6. The van der Waals surface area contributed by atoms with Gasteiger partial charge in [0, 0.05) is 37.2 Å². The van der Waals surface area contributed by atoms with Gasteiger partial charge in [0.25, 0.3) is 0 Å². The van der Waals surface area contributed by atoms with E-state index in [1.165, 1.54) is 25.8 Å². The smallest absolute Gasteiger partial charge is 0.164 e. The van der Waals surface area contributed by atoms with E-state index in [0.29, 0.717) is 19.1 Å². The van der Waals surface area contributed by atoms with Crippen LogP contribution >= 0.6 is 0 Å². The number of likely N-dealkylation sites (tertiary alicyclic amines) is 1. The van der Waals surface area contributed by atoms with Crippen molar-refractivity contribution in [3.63, 3.8) is 0 Å². The second-order valence-electron chi connectivity index (χ2n) is 6.82.